The molecule has 0 aliphatic heterocycles. The van der Waals surface area contributed by atoms with E-state index in [0.29, 0.717) is 6.29 Å². The fourth-order valence-electron chi connectivity index (χ4n) is 1.32. The van der Waals surface area contributed by atoms with Crippen LogP contribution in [0.4, 0.5) is 4.79 Å². The van der Waals surface area contributed by atoms with Gasteiger partial charge in [-0.05, 0) is 32.9 Å². The Balaban J connectivity index is 3.20. The van der Waals surface area contributed by atoms with Gasteiger partial charge in [-0.3, -0.25) is 4.79 Å². The highest BCUT2D eigenvalue weighted by atomic mass is 16.6. The van der Waals surface area contributed by atoms with E-state index in [1.165, 1.54) is 19.2 Å². The monoisotopic (exact) mass is 253 g/mol. The van der Waals surface area contributed by atoms with Crippen LogP contribution in [0.1, 0.15) is 41.7 Å². The lowest BCUT2D eigenvalue weighted by Crippen LogP contribution is -2.30. The van der Waals surface area contributed by atoms with E-state index in [4.69, 9.17) is 4.74 Å². The lowest BCUT2D eigenvalue weighted by atomic mass is 10.2. The van der Waals surface area contributed by atoms with Crippen LogP contribution in [0.5, 0.6) is 0 Å². The number of ether oxygens (including phenoxy) is 2. The van der Waals surface area contributed by atoms with Gasteiger partial charge in [0.05, 0.1) is 12.8 Å². The summed E-state index contributed by atoms with van der Waals surface area (Å²) in [6.07, 6.45) is -0.328. The summed E-state index contributed by atoms with van der Waals surface area (Å²) in [5.41, 5.74) is -0.743. The summed E-state index contributed by atoms with van der Waals surface area (Å²) in [6.45, 7) is 5.06. The maximum Gasteiger partial charge on any atom is 0.419 e. The highest BCUT2D eigenvalue weighted by Crippen LogP contribution is 2.14. The minimum Gasteiger partial charge on any atom is -0.464 e. The Kier molecular flexibility index (Phi) is 3.90. The molecule has 0 N–H and O–H groups in total. The van der Waals surface area contributed by atoms with Crippen LogP contribution in [-0.4, -0.2) is 35.6 Å². The van der Waals surface area contributed by atoms with Crippen LogP contribution in [0.3, 0.4) is 0 Å². The van der Waals surface area contributed by atoms with Crippen LogP contribution < -0.4 is 0 Å². The molecule has 0 amide bonds. The second kappa shape index (κ2) is 5.03. The third kappa shape index (κ3) is 2.97. The van der Waals surface area contributed by atoms with Crippen LogP contribution in [-0.2, 0) is 9.47 Å². The number of hydrogen-bond donors (Lipinski definition) is 0. The van der Waals surface area contributed by atoms with E-state index in [2.05, 4.69) is 4.74 Å². The Morgan fingerprint density at radius 2 is 1.89 bits per heavy atom. The van der Waals surface area contributed by atoms with Crippen molar-refractivity contribution >= 4 is 18.3 Å². The third-order valence-corrected chi connectivity index (χ3v) is 2.00. The molecule has 6 heteroatoms. The van der Waals surface area contributed by atoms with Crippen molar-refractivity contribution in [2.45, 2.75) is 26.4 Å². The summed E-state index contributed by atoms with van der Waals surface area (Å²) < 4.78 is 10.5. The van der Waals surface area contributed by atoms with Crippen molar-refractivity contribution in [3.8, 4) is 0 Å². The zero-order chi connectivity index (χ0) is 13.9. The highest BCUT2D eigenvalue weighted by Gasteiger charge is 2.25. The summed E-state index contributed by atoms with van der Waals surface area (Å²) in [6, 6.07) is 2.68. The first-order valence-corrected chi connectivity index (χ1v) is 5.28. The van der Waals surface area contributed by atoms with E-state index >= 15 is 0 Å². The van der Waals surface area contributed by atoms with E-state index in [9.17, 15) is 14.4 Å². The normalized spacial score (nSPS) is 10.9. The SMILES string of the molecule is COC(=O)c1ccc(C=O)n1C(=O)OC(C)(C)C. The van der Waals surface area contributed by atoms with E-state index in [1.54, 1.807) is 20.8 Å². The number of esters is 1. The summed E-state index contributed by atoms with van der Waals surface area (Å²) in [4.78, 5) is 34.2. The molecule has 1 aromatic heterocycles. The maximum absolute atomic E-state index is 11.9. The van der Waals surface area contributed by atoms with Crippen LogP contribution >= 0.6 is 0 Å². The molecule has 0 saturated heterocycles. The Hall–Kier alpha value is -2.11. The van der Waals surface area contributed by atoms with Crippen LogP contribution in [0.15, 0.2) is 12.1 Å². The molecule has 18 heavy (non-hydrogen) atoms. The zero-order valence-electron chi connectivity index (χ0n) is 10.7. The third-order valence-electron chi connectivity index (χ3n) is 2.00. The molecule has 0 atom stereocenters. The quantitative estimate of drug-likeness (QED) is 0.594. The summed E-state index contributed by atoms with van der Waals surface area (Å²) in [7, 11) is 1.19. The van der Waals surface area contributed by atoms with Gasteiger partial charge in [-0.1, -0.05) is 0 Å². The fourth-order valence-corrected chi connectivity index (χ4v) is 1.32. The molecule has 0 radical (unpaired) electrons. The van der Waals surface area contributed by atoms with Gasteiger partial charge in [0.15, 0.2) is 6.29 Å². The molecule has 1 heterocycles. The van der Waals surface area contributed by atoms with Gasteiger partial charge in [-0.15, -0.1) is 0 Å². The molecule has 0 spiro atoms. The summed E-state index contributed by atoms with van der Waals surface area (Å²) >= 11 is 0. The van der Waals surface area contributed by atoms with E-state index < -0.39 is 17.7 Å². The van der Waals surface area contributed by atoms with Crippen molar-refractivity contribution < 1.29 is 23.9 Å². The number of methoxy groups -OCH3 is 1. The van der Waals surface area contributed by atoms with E-state index in [-0.39, 0.29) is 11.4 Å². The molecule has 0 aromatic carbocycles. The number of rotatable bonds is 2. The number of aldehydes is 1. The smallest absolute Gasteiger partial charge is 0.419 e. The van der Waals surface area contributed by atoms with E-state index in [0.717, 1.165) is 4.57 Å². The van der Waals surface area contributed by atoms with Gasteiger partial charge in [-0.25, -0.2) is 14.2 Å². The first-order chi connectivity index (χ1) is 8.30. The maximum atomic E-state index is 11.9. The number of carbonyl (C=O) groups excluding carboxylic acids is 3. The molecule has 0 aliphatic rings. The van der Waals surface area contributed by atoms with Gasteiger partial charge >= 0.3 is 12.1 Å². The summed E-state index contributed by atoms with van der Waals surface area (Å²) in [5, 5.41) is 0. The molecule has 1 rings (SSSR count). The molecule has 1 aromatic rings. The lowest BCUT2D eigenvalue weighted by molar-refractivity contribution is 0.0479. The number of nitrogens with zero attached hydrogens (tertiary/aromatic N) is 1. The van der Waals surface area contributed by atoms with Gasteiger partial charge in [-0.2, -0.15) is 0 Å². The number of carbonyl (C=O) groups is 3. The van der Waals surface area contributed by atoms with Gasteiger partial charge in [0.2, 0.25) is 0 Å². The molecule has 0 unspecified atom stereocenters. The van der Waals surface area contributed by atoms with Gasteiger partial charge in [0.1, 0.15) is 11.3 Å². The van der Waals surface area contributed by atoms with Crippen LogP contribution in [0, 0.1) is 0 Å². The van der Waals surface area contributed by atoms with Crippen molar-refractivity contribution in [2.24, 2.45) is 0 Å². The minimum absolute atomic E-state index is 0.0321. The molecule has 0 bridgehead atoms. The standard InChI is InChI=1S/C12H15NO5/c1-12(2,3)18-11(16)13-8(7-14)5-6-9(13)10(15)17-4/h5-7H,1-4H3. The van der Waals surface area contributed by atoms with Gasteiger partial charge < -0.3 is 9.47 Å². The molecule has 0 fully saturated rings. The Morgan fingerprint density at radius 3 is 2.33 bits per heavy atom. The minimum atomic E-state index is -0.796. The van der Waals surface area contributed by atoms with Crippen molar-refractivity contribution in [3.05, 3.63) is 23.5 Å². The second-order valence-corrected chi connectivity index (χ2v) is 4.57. The number of aromatic nitrogens is 1. The molecule has 0 saturated carbocycles. The molecule has 6 nitrogen and oxygen atoms in total. The molecule has 0 aliphatic carbocycles. The van der Waals surface area contributed by atoms with Crippen molar-refractivity contribution in [1.82, 2.24) is 4.57 Å². The largest absolute Gasteiger partial charge is 0.464 e. The first kappa shape index (κ1) is 14.0. The predicted octanol–water partition coefficient (Wildman–Crippen LogP) is 1.87. The van der Waals surface area contributed by atoms with Gasteiger partial charge in [0.25, 0.3) is 0 Å². The lowest BCUT2D eigenvalue weighted by Gasteiger charge is -2.20. The first-order valence-electron chi connectivity index (χ1n) is 5.28. The highest BCUT2D eigenvalue weighted by molar-refractivity contribution is 5.95. The molecular weight excluding hydrogens is 238 g/mol. The van der Waals surface area contributed by atoms with E-state index in [1.807, 2.05) is 0 Å². The van der Waals surface area contributed by atoms with Crippen molar-refractivity contribution in [3.63, 3.8) is 0 Å². The topological polar surface area (TPSA) is 74.6 Å². The Bertz CT molecular complexity index is 481. The second-order valence-electron chi connectivity index (χ2n) is 4.57. The Labute approximate surface area is 104 Å². The average molecular weight is 253 g/mol. The fraction of sp³-hybridized carbons (Fsp3) is 0.417. The van der Waals surface area contributed by atoms with Crippen LogP contribution in [0.2, 0.25) is 0 Å². The summed E-state index contributed by atoms with van der Waals surface area (Å²) in [5.74, 6) is -0.714. The average Bonchev–Trinajstić information content (AvgIpc) is 2.69. The van der Waals surface area contributed by atoms with Crippen molar-refractivity contribution in [1.29, 1.82) is 0 Å². The molecule has 98 valence electrons. The zero-order valence-corrected chi connectivity index (χ0v) is 10.7. The number of hydrogen-bond acceptors (Lipinski definition) is 5. The molecular formula is C12H15NO5. The van der Waals surface area contributed by atoms with Gasteiger partial charge in [0, 0.05) is 0 Å². The Morgan fingerprint density at radius 1 is 1.28 bits per heavy atom. The predicted molar refractivity (Wildman–Crippen MR) is 62.8 cm³/mol. The van der Waals surface area contributed by atoms with Crippen molar-refractivity contribution in [2.75, 3.05) is 7.11 Å². The van der Waals surface area contributed by atoms with Crippen LogP contribution in [0.25, 0.3) is 0 Å².